The van der Waals surface area contributed by atoms with E-state index in [0.717, 1.165) is 32.8 Å². The Hall–Kier alpha value is -0.970. The molecule has 100 valence electrons. The van der Waals surface area contributed by atoms with E-state index in [1.54, 1.807) is 0 Å². The molecule has 1 atom stereocenters. The molecule has 1 fully saturated rings. The van der Waals surface area contributed by atoms with Gasteiger partial charge in [0.05, 0.1) is 13.2 Å². The average Bonchev–Trinajstić information content (AvgIpc) is 2.45. The van der Waals surface area contributed by atoms with Crippen LogP contribution in [0.5, 0.6) is 0 Å². The van der Waals surface area contributed by atoms with Gasteiger partial charge in [-0.15, -0.1) is 0 Å². The molecule has 0 bridgehead atoms. The van der Waals surface area contributed by atoms with Gasteiger partial charge in [-0.05, 0) is 44.1 Å². The Balaban J connectivity index is 1.60. The number of ether oxygens (including phenoxy) is 1. The second kappa shape index (κ2) is 7.46. The molecule has 0 radical (unpaired) electrons. The van der Waals surface area contributed by atoms with Crippen LogP contribution in [0.4, 0.5) is 0 Å². The normalized spacial score (nSPS) is 18.7. The van der Waals surface area contributed by atoms with Crippen molar-refractivity contribution in [2.75, 3.05) is 39.4 Å². The molecule has 0 aliphatic carbocycles. The molecule has 1 aromatic heterocycles. The zero-order chi connectivity index (χ0) is 12.6. The SMILES string of the molecule is CC(NCCCN1CCOCC1)c1ccncc1. The lowest BCUT2D eigenvalue weighted by atomic mass is 10.1. The summed E-state index contributed by atoms with van der Waals surface area (Å²) >= 11 is 0. The maximum absolute atomic E-state index is 5.34. The van der Waals surface area contributed by atoms with E-state index in [-0.39, 0.29) is 0 Å². The molecule has 4 heteroatoms. The molecule has 0 spiro atoms. The van der Waals surface area contributed by atoms with Gasteiger partial charge in [0.1, 0.15) is 0 Å². The zero-order valence-corrected chi connectivity index (χ0v) is 11.1. The van der Waals surface area contributed by atoms with Crippen LogP contribution < -0.4 is 5.32 Å². The Labute approximate surface area is 109 Å². The van der Waals surface area contributed by atoms with Crippen molar-refractivity contribution in [2.45, 2.75) is 19.4 Å². The lowest BCUT2D eigenvalue weighted by Gasteiger charge is -2.26. The Morgan fingerprint density at radius 2 is 2.06 bits per heavy atom. The van der Waals surface area contributed by atoms with Gasteiger partial charge in [0.2, 0.25) is 0 Å². The van der Waals surface area contributed by atoms with Crippen molar-refractivity contribution in [1.29, 1.82) is 0 Å². The predicted octanol–water partition coefficient (Wildman–Crippen LogP) is 1.45. The third kappa shape index (κ3) is 4.37. The molecule has 18 heavy (non-hydrogen) atoms. The summed E-state index contributed by atoms with van der Waals surface area (Å²) in [5.74, 6) is 0. The number of hydrogen-bond donors (Lipinski definition) is 1. The summed E-state index contributed by atoms with van der Waals surface area (Å²) in [5.41, 5.74) is 1.30. The van der Waals surface area contributed by atoms with Gasteiger partial charge < -0.3 is 10.1 Å². The van der Waals surface area contributed by atoms with Crippen LogP contribution in [0.2, 0.25) is 0 Å². The van der Waals surface area contributed by atoms with E-state index in [4.69, 9.17) is 4.74 Å². The number of hydrogen-bond acceptors (Lipinski definition) is 4. The third-order valence-electron chi connectivity index (χ3n) is 3.41. The van der Waals surface area contributed by atoms with Crippen molar-refractivity contribution in [3.63, 3.8) is 0 Å². The third-order valence-corrected chi connectivity index (χ3v) is 3.41. The molecule has 2 rings (SSSR count). The monoisotopic (exact) mass is 249 g/mol. The van der Waals surface area contributed by atoms with E-state index in [1.807, 2.05) is 12.4 Å². The van der Waals surface area contributed by atoms with Crippen LogP contribution in [0.25, 0.3) is 0 Å². The molecule has 0 amide bonds. The maximum atomic E-state index is 5.34. The summed E-state index contributed by atoms with van der Waals surface area (Å²) in [6.07, 6.45) is 4.89. The van der Waals surface area contributed by atoms with E-state index >= 15 is 0 Å². The molecule has 4 nitrogen and oxygen atoms in total. The van der Waals surface area contributed by atoms with Crippen molar-refractivity contribution >= 4 is 0 Å². The molecule has 1 saturated heterocycles. The van der Waals surface area contributed by atoms with Crippen LogP contribution in [0.15, 0.2) is 24.5 Å². The minimum atomic E-state index is 0.401. The topological polar surface area (TPSA) is 37.4 Å². The first kappa shape index (κ1) is 13.5. The fourth-order valence-electron chi connectivity index (χ4n) is 2.22. The first-order chi connectivity index (χ1) is 8.86. The minimum Gasteiger partial charge on any atom is -0.379 e. The van der Waals surface area contributed by atoms with Gasteiger partial charge in [-0.25, -0.2) is 0 Å². The summed E-state index contributed by atoms with van der Waals surface area (Å²) in [6.45, 7) is 8.37. The molecule has 0 aromatic carbocycles. The first-order valence-corrected chi connectivity index (χ1v) is 6.79. The summed E-state index contributed by atoms with van der Waals surface area (Å²) in [7, 11) is 0. The Kier molecular flexibility index (Phi) is 5.58. The molecular weight excluding hydrogens is 226 g/mol. The van der Waals surface area contributed by atoms with Crippen LogP contribution in [-0.4, -0.2) is 49.3 Å². The summed E-state index contributed by atoms with van der Waals surface area (Å²) in [4.78, 5) is 6.51. The van der Waals surface area contributed by atoms with Crippen LogP contribution in [0, 0.1) is 0 Å². The Morgan fingerprint density at radius 3 is 2.78 bits per heavy atom. The Bertz CT molecular complexity index is 325. The van der Waals surface area contributed by atoms with Crippen LogP contribution in [0.1, 0.15) is 24.9 Å². The number of rotatable bonds is 6. The minimum absolute atomic E-state index is 0.401. The number of nitrogens with zero attached hydrogens (tertiary/aromatic N) is 2. The fraction of sp³-hybridized carbons (Fsp3) is 0.643. The number of morpholine rings is 1. The number of nitrogens with one attached hydrogen (secondary N) is 1. The quantitative estimate of drug-likeness (QED) is 0.774. The highest BCUT2D eigenvalue weighted by Gasteiger charge is 2.09. The standard InChI is InChI=1S/C14H23N3O/c1-13(14-3-6-15-7-4-14)16-5-2-8-17-9-11-18-12-10-17/h3-4,6-7,13,16H,2,5,8-12H2,1H3. The molecular formula is C14H23N3O. The van der Waals surface area contributed by atoms with Gasteiger partial charge in [-0.1, -0.05) is 0 Å². The van der Waals surface area contributed by atoms with Crippen LogP contribution in [0.3, 0.4) is 0 Å². The second-order valence-corrected chi connectivity index (χ2v) is 4.76. The highest BCUT2D eigenvalue weighted by atomic mass is 16.5. The van der Waals surface area contributed by atoms with Crippen molar-refractivity contribution in [1.82, 2.24) is 15.2 Å². The van der Waals surface area contributed by atoms with Gasteiger partial charge in [0.15, 0.2) is 0 Å². The molecule has 1 N–H and O–H groups in total. The van der Waals surface area contributed by atoms with Gasteiger partial charge in [0.25, 0.3) is 0 Å². The largest absolute Gasteiger partial charge is 0.379 e. The van der Waals surface area contributed by atoms with Gasteiger partial charge in [-0.3, -0.25) is 9.88 Å². The van der Waals surface area contributed by atoms with Crippen molar-refractivity contribution < 1.29 is 4.74 Å². The smallest absolute Gasteiger partial charge is 0.0594 e. The molecule has 1 aliphatic heterocycles. The lowest BCUT2D eigenvalue weighted by Crippen LogP contribution is -2.37. The Morgan fingerprint density at radius 1 is 1.33 bits per heavy atom. The highest BCUT2D eigenvalue weighted by molar-refractivity contribution is 5.13. The van der Waals surface area contributed by atoms with Crippen LogP contribution >= 0.6 is 0 Å². The van der Waals surface area contributed by atoms with Gasteiger partial charge in [-0.2, -0.15) is 0 Å². The van der Waals surface area contributed by atoms with Gasteiger partial charge >= 0.3 is 0 Å². The van der Waals surface area contributed by atoms with E-state index < -0.39 is 0 Å². The zero-order valence-electron chi connectivity index (χ0n) is 11.1. The number of aromatic nitrogens is 1. The van der Waals surface area contributed by atoms with Gasteiger partial charge in [0, 0.05) is 31.5 Å². The molecule has 1 aromatic rings. The van der Waals surface area contributed by atoms with Crippen molar-refractivity contribution in [3.05, 3.63) is 30.1 Å². The molecule has 1 aliphatic rings. The summed E-state index contributed by atoms with van der Waals surface area (Å²) < 4.78 is 5.34. The van der Waals surface area contributed by atoms with E-state index in [9.17, 15) is 0 Å². The van der Waals surface area contributed by atoms with E-state index in [2.05, 4.69) is 34.3 Å². The van der Waals surface area contributed by atoms with Crippen molar-refractivity contribution in [3.8, 4) is 0 Å². The summed E-state index contributed by atoms with van der Waals surface area (Å²) in [6, 6.07) is 4.54. The summed E-state index contributed by atoms with van der Waals surface area (Å²) in [5, 5.41) is 3.55. The second-order valence-electron chi connectivity index (χ2n) is 4.76. The fourth-order valence-corrected chi connectivity index (χ4v) is 2.22. The number of pyridine rings is 1. The maximum Gasteiger partial charge on any atom is 0.0594 e. The molecule has 1 unspecified atom stereocenters. The predicted molar refractivity (Wildman–Crippen MR) is 72.5 cm³/mol. The average molecular weight is 249 g/mol. The highest BCUT2D eigenvalue weighted by Crippen LogP contribution is 2.09. The van der Waals surface area contributed by atoms with Crippen molar-refractivity contribution in [2.24, 2.45) is 0 Å². The van der Waals surface area contributed by atoms with Crippen LogP contribution in [-0.2, 0) is 4.74 Å². The molecule has 0 saturated carbocycles. The van der Waals surface area contributed by atoms with E-state index in [1.165, 1.54) is 18.5 Å². The van der Waals surface area contributed by atoms with E-state index in [0.29, 0.717) is 6.04 Å². The lowest BCUT2D eigenvalue weighted by molar-refractivity contribution is 0.0374. The molecule has 2 heterocycles. The first-order valence-electron chi connectivity index (χ1n) is 6.79.